The van der Waals surface area contributed by atoms with Crippen LogP contribution in [0.1, 0.15) is 5.56 Å². The minimum absolute atomic E-state index is 0.0938. The summed E-state index contributed by atoms with van der Waals surface area (Å²) in [6.07, 6.45) is 1.23. The smallest absolute Gasteiger partial charge is 0.277 e. The van der Waals surface area contributed by atoms with E-state index in [1.165, 1.54) is 18.3 Å². The van der Waals surface area contributed by atoms with Crippen molar-refractivity contribution in [3.63, 3.8) is 0 Å². The summed E-state index contributed by atoms with van der Waals surface area (Å²) in [4.78, 5) is 11.6. The first kappa shape index (κ1) is 17.4. The van der Waals surface area contributed by atoms with Crippen LogP contribution in [0.5, 0.6) is 11.5 Å². The third kappa shape index (κ3) is 5.32. The van der Waals surface area contributed by atoms with Crippen molar-refractivity contribution in [1.29, 1.82) is 0 Å². The lowest BCUT2D eigenvalue weighted by atomic mass is 10.2. The van der Waals surface area contributed by atoms with Crippen LogP contribution < -0.4 is 10.2 Å². The largest absolute Gasteiger partial charge is 0.506 e. The summed E-state index contributed by atoms with van der Waals surface area (Å²) in [6, 6.07) is 9.45. The van der Waals surface area contributed by atoms with E-state index in [2.05, 4.69) is 10.5 Å². The van der Waals surface area contributed by atoms with Gasteiger partial charge in [-0.1, -0.05) is 34.8 Å². The topological polar surface area (TPSA) is 70.9 Å². The van der Waals surface area contributed by atoms with Gasteiger partial charge in [0.05, 0.1) is 11.2 Å². The van der Waals surface area contributed by atoms with Gasteiger partial charge in [0.1, 0.15) is 11.5 Å². The average Bonchev–Trinajstić information content (AvgIpc) is 2.51. The number of carbonyl (C=O) groups is 1. The SMILES string of the molecule is O=C(COc1ccc(Cl)cc1)N/N=C\c1cc(Cl)cc(Cl)c1O. The molecule has 0 spiro atoms. The van der Waals surface area contributed by atoms with E-state index in [4.69, 9.17) is 39.5 Å². The Morgan fingerprint density at radius 2 is 1.87 bits per heavy atom. The Labute approximate surface area is 147 Å². The van der Waals surface area contributed by atoms with Gasteiger partial charge < -0.3 is 9.84 Å². The van der Waals surface area contributed by atoms with Crippen molar-refractivity contribution in [1.82, 2.24) is 5.43 Å². The molecule has 0 bridgehead atoms. The van der Waals surface area contributed by atoms with E-state index in [-0.39, 0.29) is 22.9 Å². The fourth-order valence-corrected chi connectivity index (χ4v) is 2.21. The van der Waals surface area contributed by atoms with Crippen LogP contribution in [0.4, 0.5) is 0 Å². The highest BCUT2D eigenvalue weighted by Gasteiger charge is 2.06. The van der Waals surface area contributed by atoms with Gasteiger partial charge in [0.2, 0.25) is 0 Å². The molecule has 2 N–H and O–H groups in total. The van der Waals surface area contributed by atoms with Gasteiger partial charge in [-0.05, 0) is 36.4 Å². The van der Waals surface area contributed by atoms with Gasteiger partial charge in [0.15, 0.2) is 6.61 Å². The number of ether oxygens (including phenoxy) is 1. The van der Waals surface area contributed by atoms with Crippen molar-refractivity contribution in [2.24, 2.45) is 5.10 Å². The number of hydrazone groups is 1. The molecule has 0 heterocycles. The minimum atomic E-state index is -0.469. The predicted octanol–water partition coefficient (Wildman–Crippen LogP) is 3.88. The van der Waals surface area contributed by atoms with Gasteiger partial charge in [-0.3, -0.25) is 4.79 Å². The molecule has 2 aromatic rings. The van der Waals surface area contributed by atoms with Crippen LogP contribution in [0, 0.1) is 0 Å². The van der Waals surface area contributed by atoms with Gasteiger partial charge >= 0.3 is 0 Å². The number of nitrogens with zero attached hydrogens (tertiary/aromatic N) is 1. The Morgan fingerprint density at radius 1 is 1.17 bits per heavy atom. The fourth-order valence-electron chi connectivity index (χ4n) is 1.57. The van der Waals surface area contributed by atoms with Crippen molar-refractivity contribution in [2.75, 3.05) is 6.61 Å². The maximum atomic E-state index is 11.6. The third-order valence-corrected chi connectivity index (χ3v) is 3.39. The zero-order valence-electron chi connectivity index (χ0n) is 11.6. The molecule has 2 aromatic carbocycles. The van der Waals surface area contributed by atoms with E-state index in [1.54, 1.807) is 24.3 Å². The van der Waals surface area contributed by atoms with Crippen LogP contribution in [-0.2, 0) is 4.79 Å². The Bertz CT molecular complexity index is 733. The molecule has 0 fully saturated rings. The standard InChI is InChI=1S/C15H11Cl3N2O3/c16-10-1-3-12(4-2-10)23-8-14(21)20-19-7-9-5-11(17)6-13(18)15(9)22/h1-7,22H,8H2,(H,20,21)/b19-7-. The van der Waals surface area contributed by atoms with Gasteiger partial charge in [0.25, 0.3) is 5.91 Å². The highest BCUT2D eigenvalue weighted by Crippen LogP contribution is 2.29. The normalized spacial score (nSPS) is 10.7. The number of carbonyl (C=O) groups excluding carboxylic acids is 1. The molecule has 23 heavy (non-hydrogen) atoms. The molecule has 2 rings (SSSR count). The number of halogens is 3. The van der Waals surface area contributed by atoms with Crippen molar-refractivity contribution >= 4 is 46.9 Å². The van der Waals surface area contributed by atoms with Gasteiger partial charge in [-0.2, -0.15) is 5.10 Å². The van der Waals surface area contributed by atoms with Crippen molar-refractivity contribution in [3.05, 3.63) is 57.0 Å². The summed E-state index contributed by atoms with van der Waals surface area (Å²) >= 11 is 17.3. The second-order valence-corrected chi connectivity index (χ2v) is 5.64. The predicted molar refractivity (Wildman–Crippen MR) is 90.8 cm³/mol. The van der Waals surface area contributed by atoms with Crippen LogP contribution in [0.15, 0.2) is 41.5 Å². The Kier molecular flexibility index (Phi) is 6.10. The Morgan fingerprint density at radius 3 is 2.57 bits per heavy atom. The van der Waals surface area contributed by atoms with E-state index in [1.807, 2.05) is 0 Å². The number of phenolic OH excluding ortho intramolecular Hbond substituents is 1. The molecular formula is C15H11Cl3N2O3. The summed E-state index contributed by atoms with van der Waals surface area (Å²) in [5.74, 6) is -0.136. The molecule has 0 aliphatic carbocycles. The van der Waals surface area contributed by atoms with E-state index >= 15 is 0 Å². The first-order valence-electron chi connectivity index (χ1n) is 6.34. The van der Waals surface area contributed by atoms with Crippen LogP contribution in [0.3, 0.4) is 0 Å². The first-order chi connectivity index (χ1) is 11.0. The molecule has 0 radical (unpaired) electrons. The summed E-state index contributed by atoms with van der Waals surface area (Å²) < 4.78 is 5.25. The minimum Gasteiger partial charge on any atom is -0.506 e. The summed E-state index contributed by atoms with van der Waals surface area (Å²) in [7, 11) is 0. The molecule has 120 valence electrons. The number of rotatable bonds is 5. The second kappa shape index (κ2) is 8.06. The van der Waals surface area contributed by atoms with Crippen LogP contribution in [0.2, 0.25) is 15.1 Å². The molecule has 8 heteroatoms. The Hall–Kier alpha value is -1.95. The molecule has 5 nitrogen and oxygen atoms in total. The molecule has 0 unspecified atom stereocenters. The van der Waals surface area contributed by atoms with E-state index in [0.29, 0.717) is 15.8 Å². The lowest BCUT2D eigenvalue weighted by Gasteiger charge is -2.05. The lowest BCUT2D eigenvalue weighted by Crippen LogP contribution is -2.24. The summed E-state index contributed by atoms with van der Waals surface area (Å²) in [5, 5.41) is 14.4. The quantitative estimate of drug-likeness (QED) is 0.617. The maximum absolute atomic E-state index is 11.6. The molecule has 0 aliphatic rings. The molecule has 0 aliphatic heterocycles. The number of hydrogen-bond donors (Lipinski definition) is 2. The van der Waals surface area contributed by atoms with E-state index in [0.717, 1.165) is 0 Å². The highest BCUT2D eigenvalue weighted by atomic mass is 35.5. The van der Waals surface area contributed by atoms with E-state index < -0.39 is 5.91 Å². The van der Waals surface area contributed by atoms with Crippen molar-refractivity contribution in [2.45, 2.75) is 0 Å². The van der Waals surface area contributed by atoms with Crippen LogP contribution >= 0.6 is 34.8 Å². The van der Waals surface area contributed by atoms with Crippen LogP contribution in [-0.4, -0.2) is 23.8 Å². The first-order valence-corrected chi connectivity index (χ1v) is 7.47. The Balaban J connectivity index is 1.88. The number of aromatic hydroxyl groups is 1. The summed E-state index contributed by atoms with van der Waals surface area (Å²) in [5.41, 5.74) is 2.54. The zero-order chi connectivity index (χ0) is 16.8. The number of nitrogens with one attached hydrogen (secondary N) is 1. The average molecular weight is 374 g/mol. The highest BCUT2D eigenvalue weighted by molar-refractivity contribution is 6.36. The summed E-state index contributed by atoms with van der Waals surface area (Å²) in [6.45, 7) is -0.221. The van der Waals surface area contributed by atoms with Gasteiger partial charge in [0, 0.05) is 15.6 Å². The maximum Gasteiger partial charge on any atom is 0.277 e. The van der Waals surface area contributed by atoms with Crippen molar-refractivity contribution in [3.8, 4) is 11.5 Å². The molecule has 0 aromatic heterocycles. The number of phenols is 1. The molecule has 0 saturated heterocycles. The number of benzene rings is 2. The fraction of sp³-hybridized carbons (Fsp3) is 0.0667. The van der Waals surface area contributed by atoms with Crippen LogP contribution in [0.25, 0.3) is 0 Å². The van der Waals surface area contributed by atoms with Crippen molar-refractivity contribution < 1.29 is 14.6 Å². The van der Waals surface area contributed by atoms with Gasteiger partial charge in [-0.25, -0.2) is 5.43 Å². The monoisotopic (exact) mass is 372 g/mol. The third-order valence-electron chi connectivity index (χ3n) is 2.63. The van der Waals surface area contributed by atoms with Gasteiger partial charge in [-0.15, -0.1) is 0 Å². The molecule has 0 saturated carbocycles. The number of amides is 1. The zero-order valence-corrected chi connectivity index (χ0v) is 13.9. The molecular weight excluding hydrogens is 363 g/mol. The molecule has 1 amide bonds. The van der Waals surface area contributed by atoms with E-state index in [9.17, 15) is 9.90 Å². The molecule has 0 atom stereocenters. The second-order valence-electron chi connectivity index (χ2n) is 4.36. The lowest BCUT2D eigenvalue weighted by molar-refractivity contribution is -0.123. The number of hydrogen-bond acceptors (Lipinski definition) is 4.